The minimum atomic E-state index is -0.735. The van der Waals surface area contributed by atoms with Gasteiger partial charge in [0, 0.05) is 12.1 Å². The topological polar surface area (TPSA) is 89.0 Å². The van der Waals surface area contributed by atoms with Gasteiger partial charge in [-0.25, -0.2) is 4.98 Å². The second-order valence-electron chi connectivity index (χ2n) is 9.65. The smallest absolute Gasteiger partial charge is 0.290 e. The van der Waals surface area contributed by atoms with Gasteiger partial charge >= 0.3 is 0 Å². The molecular weight excluding hydrogens is 524 g/mol. The highest BCUT2D eigenvalue weighted by Crippen LogP contribution is 2.41. The monoisotopic (exact) mass is 554 g/mol. The van der Waals surface area contributed by atoms with Crippen molar-refractivity contribution in [2.75, 3.05) is 20.8 Å². The van der Waals surface area contributed by atoms with Gasteiger partial charge in [-0.2, -0.15) is 0 Å². The third kappa shape index (κ3) is 5.10. The highest BCUT2D eigenvalue weighted by Gasteiger charge is 2.44. The Morgan fingerprint density at radius 2 is 1.73 bits per heavy atom. The first kappa shape index (κ1) is 27.1. The van der Waals surface area contributed by atoms with Crippen LogP contribution in [0.15, 0.2) is 84.1 Å². The number of aromatic nitrogens is 1. The molecule has 4 aromatic rings. The summed E-state index contributed by atoms with van der Waals surface area (Å²) < 4.78 is 10.8. The van der Waals surface area contributed by atoms with Crippen molar-refractivity contribution in [3.63, 3.8) is 0 Å². The lowest BCUT2D eigenvalue weighted by atomic mass is 9.94. The summed E-state index contributed by atoms with van der Waals surface area (Å²) in [5.41, 5.74) is 4.23. The summed E-state index contributed by atoms with van der Waals surface area (Å²) in [6, 6.07) is 22.2. The van der Waals surface area contributed by atoms with Gasteiger partial charge in [0.2, 0.25) is 5.78 Å². The largest absolute Gasteiger partial charge is 0.503 e. The zero-order chi connectivity index (χ0) is 28.4. The molecule has 8 heteroatoms. The van der Waals surface area contributed by atoms with Crippen LogP contribution in [0.5, 0.6) is 11.5 Å². The summed E-state index contributed by atoms with van der Waals surface area (Å²) in [5, 5.41) is 11.8. The Hall–Kier alpha value is -4.43. The fourth-order valence-electron chi connectivity index (χ4n) is 5.02. The molecule has 0 bridgehead atoms. The molecule has 0 aliphatic carbocycles. The number of aliphatic hydroxyl groups excluding tert-OH is 1. The van der Waals surface area contributed by atoms with Gasteiger partial charge in [0.15, 0.2) is 17.3 Å². The number of hydrogen-bond donors (Lipinski definition) is 1. The minimum absolute atomic E-state index is 0.0780. The van der Waals surface area contributed by atoms with Gasteiger partial charge in [-0.05, 0) is 43.5 Å². The van der Waals surface area contributed by atoms with Crippen molar-refractivity contribution < 1.29 is 24.2 Å². The van der Waals surface area contributed by atoms with E-state index in [9.17, 15) is 14.7 Å². The average molecular weight is 555 g/mol. The molecule has 1 amide bonds. The van der Waals surface area contributed by atoms with Crippen molar-refractivity contribution in [2.24, 2.45) is 0 Å². The van der Waals surface area contributed by atoms with Crippen molar-refractivity contribution in [1.29, 1.82) is 0 Å². The molecule has 1 N–H and O–H groups in total. The number of ketones is 1. The zero-order valence-corrected chi connectivity index (χ0v) is 23.6. The van der Waals surface area contributed by atoms with Crippen molar-refractivity contribution in [1.82, 2.24) is 9.88 Å². The number of amides is 1. The van der Waals surface area contributed by atoms with Crippen LogP contribution in [-0.4, -0.2) is 47.4 Å². The van der Waals surface area contributed by atoms with E-state index in [1.165, 1.54) is 11.3 Å². The van der Waals surface area contributed by atoms with E-state index in [4.69, 9.17) is 9.47 Å². The molecule has 0 fully saturated rings. The summed E-state index contributed by atoms with van der Waals surface area (Å²) in [6.45, 7) is 4.02. The van der Waals surface area contributed by atoms with Crippen molar-refractivity contribution in [3.05, 3.63) is 111 Å². The maximum atomic E-state index is 14.1. The highest BCUT2D eigenvalue weighted by molar-refractivity contribution is 7.17. The van der Waals surface area contributed by atoms with Crippen LogP contribution in [0.1, 0.15) is 38.1 Å². The van der Waals surface area contributed by atoms with Crippen LogP contribution in [0.2, 0.25) is 0 Å². The summed E-state index contributed by atoms with van der Waals surface area (Å²) in [6.07, 6.45) is 0.487. The first-order chi connectivity index (χ1) is 19.3. The number of carbonyl (C=O) groups excluding carboxylic acids is 2. The highest BCUT2D eigenvalue weighted by atomic mass is 32.1. The Kier molecular flexibility index (Phi) is 7.71. The number of aliphatic hydroxyl groups is 1. The second-order valence-corrected chi connectivity index (χ2v) is 10.6. The van der Waals surface area contributed by atoms with Gasteiger partial charge in [0.1, 0.15) is 5.01 Å². The molecule has 0 spiro atoms. The molecule has 3 aromatic carbocycles. The SMILES string of the molecule is COc1ccc(CCN2C(=O)C(O)=C(C(=O)c3sc(-c4ccccc4)nc3C)C2c2cccc(C)c2)cc1OC. The van der Waals surface area contributed by atoms with E-state index in [0.717, 1.165) is 22.3 Å². The molecule has 7 nitrogen and oxygen atoms in total. The molecule has 0 saturated carbocycles. The predicted molar refractivity (Wildman–Crippen MR) is 155 cm³/mol. The minimum Gasteiger partial charge on any atom is -0.503 e. The third-order valence-corrected chi connectivity index (χ3v) is 8.22. The molecule has 0 saturated heterocycles. The van der Waals surface area contributed by atoms with Gasteiger partial charge in [-0.15, -0.1) is 11.3 Å². The Labute approximate surface area is 237 Å². The van der Waals surface area contributed by atoms with Crippen molar-refractivity contribution in [3.8, 4) is 22.1 Å². The number of rotatable bonds is 9. The summed E-state index contributed by atoms with van der Waals surface area (Å²) in [4.78, 5) is 34.1. The third-order valence-electron chi connectivity index (χ3n) is 7.02. The van der Waals surface area contributed by atoms with Crippen LogP contribution in [0, 0.1) is 13.8 Å². The van der Waals surface area contributed by atoms with E-state index in [-0.39, 0.29) is 17.9 Å². The number of benzene rings is 3. The van der Waals surface area contributed by atoms with Crippen molar-refractivity contribution in [2.45, 2.75) is 26.3 Å². The molecule has 1 aliphatic rings. The predicted octanol–water partition coefficient (Wildman–Crippen LogP) is 6.27. The number of ether oxygens (including phenoxy) is 2. The normalized spacial score (nSPS) is 15.1. The zero-order valence-electron chi connectivity index (χ0n) is 22.8. The Morgan fingerprint density at radius 3 is 2.42 bits per heavy atom. The van der Waals surface area contributed by atoms with Crippen LogP contribution in [-0.2, 0) is 11.2 Å². The number of hydrogen-bond acceptors (Lipinski definition) is 7. The molecular formula is C32H30N2O5S. The molecule has 0 radical (unpaired) electrons. The van der Waals surface area contributed by atoms with Gasteiger partial charge in [0.25, 0.3) is 5.91 Å². The van der Waals surface area contributed by atoms with E-state index in [2.05, 4.69) is 4.98 Å². The number of aryl methyl sites for hydroxylation is 2. The number of carbonyl (C=O) groups is 2. The van der Waals surface area contributed by atoms with E-state index < -0.39 is 17.7 Å². The van der Waals surface area contributed by atoms with E-state index in [1.54, 1.807) is 26.0 Å². The summed E-state index contributed by atoms with van der Waals surface area (Å²) in [7, 11) is 3.15. The quantitative estimate of drug-likeness (QED) is 0.246. The standard InChI is InChI=1S/C32H30N2O5S/c1-19-9-8-12-23(17-19)27-26(28(35)30-20(2)33-31(40-30)22-10-6-5-7-11-22)29(36)32(37)34(27)16-15-21-13-14-24(38-3)25(18-21)39-4/h5-14,17-18,27,36H,15-16H2,1-4H3. The second kappa shape index (κ2) is 11.4. The molecule has 1 aromatic heterocycles. The number of thiazole rings is 1. The summed E-state index contributed by atoms with van der Waals surface area (Å²) >= 11 is 1.27. The maximum Gasteiger partial charge on any atom is 0.290 e. The number of nitrogens with zero attached hydrogens (tertiary/aromatic N) is 2. The molecule has 204 valence electrons. The van der Waals surface area contributed by atoms with Crippen LogP contribution in [0.25, 0.3) is 10.6 Å². The van der Waals surface area contributed by atoms with E-state index in [0.29, 0.717) is 33.5 Å². The van der Waals surface area contributed by atoms with Gasteiger partial charge in [-0.1, -0.05) is 66.2 Å². The van der Waals surface area contributed by atoms with Crippen LogP contribution in [0.3, 0.4) is 0 Å². The number of Topliss-reactive ketones (excluding diaryl/α,β-unsaturated/α-hetero) is 1. The molecule has 5 rings (SSSR count). The van der Waals surface area contributed by atoms with E-state index >= 15 is 0 Å². The molecule has 1 unspecified atom stereocenters. The first-order valence-corrected chi connectivity index (χ1v) is 13.7. The maximum absolute atomic E-state index is 14.1. The Balaban J connectivity index is 1.51. The number of methoxy groups -OCH3 is 2. The van der Waals surface area contributed by atoms with Crippen LogP contribution < -0.4 is 9.47 Å². The van der Waals surface area contributed by atoms with Gasteiger partial charge < -0.3 is 19.5 Å². The van der Waals surface area contributed by atoms with Gasteiger partial charge in [0.05, 0.1) is 36.4 Å². The fourth-order valence-corrected chi connectivity index (χ4v) is 6.05. The van der Waals surface area contributed by atoms with Gasteiger partial charge in [-0.3, -0.25) is 9.59 Å². The molecule has 1 atom stereocenters. The first-order valence-electron chi connectivity index (χ1n) is 12.9. The summed E-state index contributed by atoms with van der Waals surface area (Å²) in [5.74, 6) is -0.264. The Bertz CT molecular complexity index is 1610. The molecule has 2 heterocycles. The lowest BCUT2D eigenvalue weighted by molar-refractivity contribution is -0.129. The lowest BCUT2D eigenvalue weighted by Gasteiger charge is -2.27. The lowest BCUT2D eigenvalue weighted by Crippen LogP contribution is -2.33. The molecule has 1 aliphatic heterocycles. The van der Waals surface area contributed by atoms with Crippen LogP contribution in [0.4, 0.5) is 0 Å². The molecule has 40 heavy (non-hydrogen) atoms. The Morgan fingerprint density at radius 1 is 0.975 bits per heavy atom. The van der Waals surface area contributed by atoms with Crippen LogP contribution >= 0.6 is 11.3 Å². The van der Waals surface area contributed by atoms with E-state index in [1.807, 2.05) is 79.7 Å². The fraction of sp³-hybridized carbons (Fsp3) is 0.219. The van der Waals surface area contributed by atoms with Crippen molar-refractivity contribution >= 4 is 23.0 Å². The average Bonchev–Trinajstić information content (AvgIpc) is 3.48.